The summed E-state index contributed by atoms with van der Waals surface area (Å²) in [6.45, 7) is 0. The van der Waals surface area contributed by atoms with Crippen LogP contribution in [0.5, 0.6) is 0 Å². The minimum absolute atomic E-state index is 0. The third-order valence-electron chi connectivity index (χ3n) is 3.94. The number of nitrogens with zero attached hydrogens (tertiary/aromatic N) is 3. The molecule has 0 saturated heterocycles. The summed E-state index contributed by atoms with van der Waals surface area (Å²) in [5.74, 6) is 0. The van der Waals surface area contributed by atoms with Gasteiger partial charge in [-0.05, 0) is 45.8 Å². The molecule has 0 bridgehead atoms. The SMILES string of the molecule is Brc1ccnc(-c2ccccn2)c1-c1ncccc1-c1ccccc1.[Ir]. The first-order valence-electron chi connectivity index (χ1n) is 7.91. The van der Waals surface area contributed by atoms with E-state index in [-0.39, 0.29) is 20.1 Å². The number of pyridine rings is 3. The third-order valence-corrected chi connectivity index (χ3v) is 4.60. The van der Waals surface area contributed by atoms with Gasteiger partial charge in [-0.1, -0.05) is 42.5 Å². The van der Waals surface area contributed by atoms with Crippen molar-refractivity contribution in [2.45, 2.75) is 0 Å². The van der Waals surface area contributed by atoms with Gasteiger partial charge in [0.15, 0.2) is 0 Å². The van der Waals surface area contributed by atoms with E-state index in [9.17, 15) is 0 Å². The van der Waals surface area contributed by atoms with E-state index in [1.54, 1.807) is 12.4 Å². The monoisotopic (exact) mass is 580 g/mol. The standard InChI is InChI=1S/C21H14BrN3.Ir/c22-17-11-14-25-21(18-10-4-5-12-23-18)19(17)20-16(9-6-13-24-20)15-7-2-1-3-8-15;/h1-14H;. The smallest absolute Gasteiger partial charge is 0.0991 e. The van der Waals surface area contributed by atoms with Crippen molar-refractivity contribution in [3.63, 3.8) is 0 Å². The molecule has 0 aliphatic heterocycles. The molecule has 0 amide bonds. The molecular formula is C21H14BrIrN3. The third kappa shape index (κ3) is 3.65. The molecular weight excluding hydrogens is 566 g/mol. The Labute approximate surface area is 174 Å². The van der Waals surface area contributed by atoms with E-state index >= 15 is 0 Å². The van der Waals surface area contributed by atoms with Gasteiger partial charge in [0.05, 0.1) is 17.1 Å². The predicted molar refractivity (Wildman–Crippen MR) is 104 cm³/mol. The molecule has 0 spiro atoms. The molecule has 0 fully saturated rings. The zero-order chi connectivity index (χ0) is 17.1. The Morgan fingerprint density at radius 1 is 0.615 bits per heavy atom. The molecule has 129 valence electrons. The van der Waals surface area contributed by atoms with Gasteiger partial charge in [0, 0.05) is 54.3 Å². The summed E-state index contributed by atoms with van der Waals surface area (Å²) in [4.78, 5) is 13.7. The van der Waals surface area contributed by atoms with Gasteiger partial charge < -0.3 is 0 Å². The van der Waals surface area contributed by atoms with Gasteiger partial charge in [-0.25, -0.2) is 0 Å². The van der Waals surface area contributed by atoms with Crippen molar-refractivity contribution in [1.82, 2.24) is 15.0 Å². The number of hydrogen-bond acceptors (Lipinski definition) is 3. The van der Waals surface area contributed by atoms with E-state index in [1.165, 1.54) is 0 Å². The van der Waals surface area contributed by atoms with Gasteiger partial charge in [0.25, 0.3) is 0 Å². The summed E-state index contributed by atoms with van der Waals surface area (Å²) in [5, 5.41) is 0. The van der Waals surface area contributed by atoms with E-state index in [0.717, 1.165) is 38.2 Å². The van der Waals surface area contributed by atoms with Gasteiger partial charge in [0.2, 0.25) is 0 Å². The Morgan fingerprint density at radius 2 is 1.35 bits per heavy atom. The van der Waals surface area contributed by atoms with Gasteiger partial charge in [-0.2, -0.15) is 0 Å². The van der Waals surface area contributed by atoms with Crippen molar-refractivity contribution >= 4 is 15.9 Å². The van der Waals surface area contributed by atoms with Crippen LogP contribution >= 0.6 is 15.9 Å². The fourth-order valence-corrected chi connectivity index (χ4v) is 3.31. The van der Waals surface area contributed by atoms with Crippen LogP contribution < -0.4 is 0 Å². The van der Waals surface area contributed by atoms with E-state index < -0.39 is 0 Å². The van der Waals surface area contributed by atoms with Gasteiger partial charge in [-0.15, -0.1) is 0 Å². The number of halogens is 1. The Bertz CT molecular complexity index is 1010. The summed E-state index contributed by atoms with van der Waals surface area (Å²) in [6, 6.07) is 22.1. The number of aromatic nitrogens is 3. The Kier molecular flexibility index (Phi) is 6.04. The average Bonchev–Trinajstić information content (AvgIpc) is 2.69. The summed E-state index contributed by atoms with van der Waals surface area (Å²) >= 11 is 3.68. The van der Waals surface area contributed by atoms with Crippen molar-refractivity contribution in [3.05, 3.63) is 89.8 Å². The Balaban J connectivity index is 0.00000196. The number of benzene rings is 1. The maximum Gasteiger partial charge on any atom is 0.0991 e. The molecule has 0 saturated carbocycles. The van der Waals surface area contributed by atoms with Crippen molar-refractivity contribution in [3.8, 4) is 33.8 Å². The second kappa shape index (κ2) is 8.45. The molecule has 3 nitrogen and oxygen atoms in total. The largest absolute Gasteiger partial charge is 0.255 e. The topological polar surface area (TPSA) is 38.7 Å². The Hall–Kier alpha value is -2.20. The van der Waals surface area contributed by atoms with Crippen molar-refractivity contribution in [2.24, 2.45) is 0 Å². The molecule has 0 N–H and O–H groups in total. The van der Waals surface area contributed by atoms with Gasteiger partial charge in [0.1, 0.15) is 0 Å². The quantitative estimate of drug-likeness (QED) is 0.315. The van der Waals surface area contributed by atoms with Crippen LogP contribution in [0.25, 0.3) is 33.8 Å². The van der Waals surface area contributed by atoms with Crippen LogP contribution in [0.15, 0.2) is 89.8 Å². The van der Waals surface area contributed by atoms with E-state index in [0.29, 0.717) is 0 Å². The fourth-order valence-electron chi connectivity index (χ4n) is 2.82. The van der Waals surface area contributed by atoms with Crippen LogP contribution in [-0.4, -0.2) is 15.0 Å². The summed E-state index contributed by atoms with van der Waals surface area (Å²) in [7, 11) is 0. The average molecular weight is 580 g/mol. The van der Waals surface area contributed by atoms with Crippen LogP contribution in [0, 0.1) is 0 Å². The van der Waals surface area contributed by atoms with Crippen molar-refractivity contribution in [1.29, 1.82) is 0 Å². The van der Waals surface area contributed by atoms with Crippen LogP contribution in [-0.2, 0) is 20.1 Å². The van der Waals surface area contributed by atoms with Gasteiger partial charge >= 0.3 is 0 Å². The Morgan fingerprint density at radius 3 is 2.12 bits per heavy atom. The van der Waals surface area contributed by atoms with Crippen molar-refractivity contribution < 1.29 is 20.1 Å². The molecule has 3 aromatic heterocycles. The number of rotatable bonds is 3. The molecule has 26 heavy (non-hydrogen) atoms. The van der Waals surface area contributed by atoms with E-state index in [1.807, 2.05) is 54.7 Å². The molecule has 1 radical (unpaired) electrons. The van der Waals surface area contributed by atoms with E-state index in [2.05, 4.69) is 49.1 Å². The first-order valence-corrected chi connectivity index (χ1v) is 8.70. The maximum absolute atomic E-state index is 4.67. The first-order chi connectivity index (χ1) is 12.3. The minimum Gasteiger partial charge on any atom is -0.255 e. The normalized spacial score (nSPS) is 10.2. The zero-order valence-corrected chi connectivity index (χ0v) is 17.6. The molecule has 4 rings (SSSR count). The first kappa shape index (κ1) is 18.6. The molecule has 0 unspecified atom stereocenters. The van der Waals surface area contributed by atoms with Crippen LogP contribution in [0.2, 0.25) is 0 Å². The molecule has 1 aromatic carbocycles. The van der Waals surface area contributed by atoms with E-state index in [4.69, 9.17) is 0 Å². The van der Waals surface area contributed by atoms with Crippen LogP contribution in [0.1, 0.15) is 0 Å². The second-order valence-corrected chi connectivity index (χ2v) is 6.35. The molecule has 5 heteroatoms. The summed E-state index contributed by atoms with van der Waals surface area (Å²) < 4.78 is 0.944. The minimum atomic E-state index is 0. The predicted octanol–water partition coefficient (Wildman–Crippen LogP) is 5.63. The zero-order valence-electron chi connectivity index (χ0n) is 13.6. The summed E-state index contributed by atoms with van der Waals surface area (Å²) in [5.41, 5.74) is 5.65. The maximum atomic E-state index is 4.67. The molecule has 0 atom stereocenters. The van der Waals surface area contributed by atoms with Crippen LogP contribution in [0.3, 0.4) is 0 Å². The molecule has 0 aliphatic rings. The number of hydrogen-bond donors (Lipinski definition) is 0. The molecule has 3 heterocycles. The molecule has 0 aliphatic carbocycles. The second-order valence-electron chi connectivity index (χ2n) is 5.50. The fraction of sp³-hybridized carbons (Fsp3) is 0. The van der Waals surface area contributed by atoms with Crippen molar-refractivity contribution in [2.75, 3.05) is 0 Å². The molecule has 4 aromatic rings. The van der Waals surface area contributed by atoms with Gasteiger partial charge in [-0.3, -0.25) is 15.0 Å². The van der Waals surface area contributed by atoms with Crippen LogP contribution in [0.4, 0.5) is 0 Å². The summed E-state index contributed by atoms with van der Waals surface area (Å²) in [6.07, 6.45) is 5.37.